The van der Waals surface area contributed by atoms with E-state index in [1.165, 1.54) is 0 Å². The largest absolute Gasteiger partial charge is 0.481 e. The minimum atomic E-state index is -1.37. The van der Waals surface area contributed by atoms with Gasteiger partial charge in [-0.1, -0.05) is 12.1 Å². The lowest BCUT2D eigenvalue weighted by Gasteiger charge is -2.10. The van der Waals surface area contributed by atoms with Crippen molar-refractivity contribution >= 4 is 22.7 Å². The van der Waals surface area contributed by atoms with Gasteiger partial charge in [-0.05, 0) is 24.1 Å². The van der Waals surface area contributed by atoms with Crippen molar-refractivity contribution < 1.29 is 18.9 Å². The molecule has 1 aromatic carbocycles. The van der Waals surface area contributed by atoms with Crippen LogP contribution >= 0.6 is 0 Å². The van der Waals surface area contributed by atoms with Gasteiger partial charge in [0.1, 0.15) is 5.25 Å². The molecule has 19 heavy (non-hydrogen) atoms. The number of nitrogens with zero attached hydrogens (tertiary/aromatic N) is 1. The zero-order valence-electron chi connectivity index (χ0n) is 10.5. The normalized spacial score (nSPS) is 20.6. The molecule has 2 unspecified atom stereocenters. The summed E-state index contributed by atoms with van der Waals surface area (Å²) in [6.07, 6.45) is 0.539. The van der Waals surface area contributed by atoms with Gasteiger partial charge in [-0.3, -0.25) is 13.8 Å². The van der Waals surface area contributed by atoms with Crippen LogP contribution in [0.3, 0.4) is 0 Å². The van der Waals surface area contributed by atoms with Crippen LogP contribution in [0, 0.1) is 0 Å². The Morgan fingerprint density at radius 3 is 2.53 bits per heavy atom. The highest BCUT2D eigenvalue weighted by molar-refractivity contribution is 7.86. The number of carbonyl (C=O) groups excluding carboxylic acids is 1. The maximum Gasteiger partial charge on any atom is 0.307 e. The zero-order valence-corrected chi connectivity index (χ0v) is 11.4. The summed E-state index contributed by atoms with van der Waals surface area (Å²) in [7, 11) is 0.335. The number of likely N-dealkylation sites (tertiary alicyclic amines) is 1. The number of benzene rings is 1. The molecule has 6 heteroatoms. The van der Waals surface area contributed by atoms with Gasteiger partial charge in [0.25, 0.3) is 0 Å². The van der Waals surface area contributed by atoms with Crippen LogP contribution in [0.5, 0.6) is 0 Å². The Balaban J connectivity index is 2.12. The standard InChI is InChI=1S/C13H15NO4S/c1-14-7-6-11(13(14)17)19(18)10-4-2-9(3-5-10)8-12(15)16/h2-5,11H,6-8H2,1H3,(H,15,16). The molecule has 1 fully saturated rings. The fourth-order valence-electron chi connectivity index (χ4n) is 2.07. The molecule has 0 aromatic heterocycles. The summed E-state index contributed by atoms with van der Waals surface area (Å²) in [5.41, 5.74) is 0.656. The monoisotopic (exact) mass is 281 g/mol. The third-order valence-corrected chi connectivity index (χ3v) is 4.84. The molecular weight excluding hydrogens is 266 g/mol. The van der Waals surface area contributed by atoms with Crippen LogP contribution in [-0.2, 0) is 26.8 Å². The van der Waals surface area contributed by atoms with Crippen molar-refractivity contribution in [1.82, 2.24) is 4.90 Å². The van der Waals surface area contributed by atoms with Crippen LogP contribution in [0.1, 0.15) is 12.0 Å². The lowest BCUT2D eigenvalue weighted by atomic mass is 10.2. The molecule has 0 spiro atoms. The van der Waals surface area contributed by atoms with Gasteiger partial charge in [-0.25, -0.2) is 0 Å². The molecule has 1 aliphatic heterocycles. The molecule has 0 saturated carbocycles. The summed E-state index contributed by atoms with van der Waals surface area (Å²) in [5.74, 6) is -0.991. The molecule has 1 N–H and O–H groups in total. The Hall–Kier alpha value is -1.69. The summed E-state index contributed by atoms with van der Waals surface area (Å²) in [4.78, 5) is 24.5. The third kappa shape index (κ3) is 3.01. The Bertz CT molecular complexity index is 526. The number of carboxylic acid groups (broad SMARTS) is 1. The topological polar surface area (TPSA) is 74.7 Å². The molecule has 0 aliphatic carbocycles. The van der Waals surface area contributed by atoms with Crippen molar-refractivity contribution in [2.24, 2.45) is 0 Å². The van der Waals surface area contributed by atoms with Crippen LogP contribution in [0.2, 0.25) is 0 Å². The minimum absolute atomic E-state index is 0.0575. The highest BCUT2D eigenvalue weighted by Gasteiger charge is 2.34. The van der Waals surface area contributed by atoms with Crippen LogP contribution in [0.25, 0.3) is 0 Å². The van der Waals surface area contributed by atoms with Crippen molar-refractivity contribution in [2.75, 3.05) is 13.6 Å². The first-order chi connectivity index (χ1) is 8.99. The van der Waals surface area contributed by atoms with Gasteiger partial charge < -0.3 is 10.0 Å². The summed E-state index contributed by atoms with van der Waals surface area (Å²) in [5, 5.41) is 8.20. The predicted octanol–water partition coefficient (Wildman–Crippen LogP) is 0.652. The molecule has 5 nitrogen and oxygen atoms in total. The maximum atomic E-state index is 12.3. The average molecular weight is 281 g/mol. The first kappa shape index (κ1) is 13.7. The minimum Gasteiger partial charge on any atom is -0.481 e. The number of hydrogen-bond donors (Lipinski definition) is 1. The van der Waals surface area contributed by atoms with Crippen LogP contribution in [-0.4, -0.2) is 44.9 Å². The van der Waals surface area contributed by atoms with Gasteiger partial charge in [-0.15, -0.1) is 0 Å². The van der Waals surface area contributed by atoms with E-state index in [4.69, 9.17) is 5.11 Å². The van der Waals surface area contributed by atoms with Crippen molar-refractivity contribution in [3.05, 3.63) is 29.8 Å². The smallest absolute Gasteiger partial charge is 0.307 e. The zero-order chi connectivity index (χ0) is 14.0. The highest BCUT2D eigenvalue weighted by atomic mass is 32.2. The lowest BCUT2D eigenvalue weighted by Crippen LogP contribution is -2.28. The second-order valence-electron chi connectivity index (χ2n) is 4.55. The van der Waals surface area contributed by atoms with Crippen molar-refractivity contribution in [3.63, 3.8) is 0 Å². The first-order valence-corrected chi connectivity index (χ1v) is 7.16. The van der Waals surface area contributed by atoms with Gasteiger partial charge >= 0.3 is 5.97 Å². The number of carboxylic acids is 1. The summed E-state index contributed by atoms with van der Waals surface area (Å²) >= 11 is 0. The first-order valence-electron chi connectivity index (χ1n) is 5.95. The molecule has 1 amide bonds. The Kier molecular flexibility index (Phi) is 3.99. The molecule has 1 aromatic rings. The van der Waals surface area contributed by atoms with Gasteiger partial charge in [0, 0.05) is 18.5 Å². The summed E-state index contributed by atoms with van der Waals surface area (Å²) in [6, 6.07) is 6.56. The molecule has 0 radical (unpaired) electrons. The van der Waals surface area contributed by atoms with Crippen LogP contribution in [0.4, 0.5) is 0 Å². The number of aliphatic carboxylic acids is 1. The van der Waals surface area contributed by atoms with Crippen LogP contribution < -0.4 is 0 Å². The maximum absolute atomic E-state index is 12.3. The molecule has 2 rings (SSSR count). The lowest BCUT2D eigenvalue weighted by molar-refractivity contribution is -0.136. The Labute approximate surface area is 113 Å². The summed E-state index contributed by atoms with van der Waals surface area (Å²) in [6.45, 7) is 0.631. The van der Waals surface area contributed by atoms with Gasteiger partial charge in [-0.2, -0.15) is 0 Å². The third-order valence-electron chi connectivity index (χ3n) is 3.15. The van der Waals surface area contributed by atoms with E-state index in [1.807, 2.05) is 0 Å². The van der Waals surface area contributed by atoms with E-state index < -0.39 is 22.0 Å². The molecule has 1 saturated heterocycles. The van der Waals surface area contributed by atoms with Gasteiger partial charge in [0.15, 0.2) is 0 Å². The van der Waals surface area contributed by atoms with E-state index >= 15 is 0 Å². The van der Waals surface area contributed by atoms with Crippen molar-refractivity contribution in [3.8, 4) is 0 Å². The molecule has 1 heterocycles. The van der Waals surface area contributed by atoms with Crippen molar-refractivity contribution in [2.45, 2.75) is 23.0 Å². The quantitative estimate of drug-likeness (QED) is 0.879. The van der Waals surface area contributed by atoms with Gasteiger partial charge in [0.05, 0.1) is 17.2 Å². The van der Waals surface area contributed by atoms with Gasteiger partial charge in [0.2, 0.25) is 5.91 Å². The predicted molar refractivity (Wildman–Crippen MR) is 70.2 cm³/mol. The molecule has 102 valence electrons. The van der Waals surface area contributed by atoms with Crippen LogP contribution in [0.15, 0.2) is 29.2 Å². The second-order valence-corrected chi connectivity index (χ2v) is 6.18. The average Bonchev–Trinajstić information content (AvgIpc) is 2.69. The van der Waals surface area contributed by atoms with E-state index in [9.17, 15) is 13.8 Å². The van der Waals surface area contributed by atoms with E-state index in [1.54, 1.807) is 36.2 Å². The highest BCUT2D eigenvalue weighted by Crippen LogP contribution is 2.21. The second kappa shape index (κ2) is 5.52. The SMILES string of the molecule is CN1CCC(S(=O)c2ccc(CC(=O)O)cc2)C1=O. The molecule has 1 aliphatic rings. The number of carbonyl (C=O) groups is 2. The summed E-state index contributed by atoms with van der Waals surface area (Å²) < 4.78 is 12.3. The number of amides is 1. The van der Waals surface area contributed by atoms with E-state index in [0.29, 0.717) is 23.4 Å². The fourth-order valence-corrected chi connectivity index (χ4v) is 3.48. The number of rotatable bonds is 4. The van der Waals surface area contributed by atoms with E-state index in [-0.39, 0.29) is 12.3 Å². The molecule has 2 atom stereocenters. The van der Waals surface area contributed by atoms with E-state index in [2.05, 4.69) is 0 Å². The molecule has 0 bridgehead atoms. The fraction of sp³-hybridized carbons (Fsp3) is 0.385. The number of hydrogen-bond acceptors (Lipinski definition) is 3. The Morgan fingerprint density at radius 1 is 1.42 bits per heavy atom. The van der Waals surface area contributed by atoms with Crippen molar-refractivity contribution in [1.29, 1.82) is 0 Å². The van der Waals surface area contributed by atoms with E-state index in [0.717, 1.165) is 0 Å². The molecular formula is C13H15NO4S. The Morgan fingerprint density at radius 2 is 2.05 bits per heavy atom.